The third-order valence-electron chi connectivity index (χ3n) is 17.9. The number of thiophene rings is 1. The van der Waals surface area contributed by atoms with Crippen molar-refractivity contribution < 1.29 is 0 Å². The average Bonchev–Trinajstić information content (AvgIpc) is 3.66. The molecule has 0 unspecified atom stereocenters. The van der Waals surface area contributed by atoms with Crippen molar-refractivity contribution in [3.05, 3.63) is 142 Å². The van der Waals surface area contributed by atoms with Crippen molar-refractivity contribution in [3.8, 4) is 11.1 Å². The predicted octanol–water partition coefficient (Wildman–Crippen LogP) is 16.8. The van der Waals surface area contributed by atoms with Gasteiger partial charge in [0.25, 0.3) is 6.71 Å². The first-order valence-electron chi connectivity index (χ1n) is 26.9. The van der Waals surface area contributed by atoms with E-state index in [4.69, 9.17) is 0 Å². The van der Waals surface area contributed by atoms with Gasteiger partial charge in [-0.25, -0.2) is 0 Å². The smallest absolute Gasteiger partial charge is 0.264 e. The molecule has 2 aliphatic carbocycles. The van der Waals surface area contributed by atoms with Gasteiger partial charge in [0.05, 0.1) is 19.4 Å². The van der Waals surface area contributed by atoms with Crippen molar-refractivity contribution in [2.75, 3.05) is 9.80 Å². The summed E-state index contributed by atoms with van der Waals surface area (Å²) in [6.07, 6.45) is 4.70. The summed E-state index contributed by atoms with van der Waals surface area (Å²) in [5.74, 6) is 0. The number of anilines is 6. The van der Waals surface area contributed by atoms with E-state index >= 15 is 0 Å². The minimum atomic E-state index is -1.54. The van der Waals surface area contributed by atoms with Gasteiger partial charge in [-0.15, -0.1) is 11.3 Å². The lowest BCUT2D eigenvalue weighted by molar-refractivity contribution is 0.332. The SMILES string of the molecule is Cc1cc2c3c(c1)N(c1ccc(C(C)(C)C)cc1)c1c(sc4ccc(C(C)(C)C)cc14)B3c1cc3c(cc1N2c1cc2c(cc1-c1ccc([Si](C)(C)C)cc1)C(C)(C)CCC2(C)C)C(C)(C)CCC3(C)C. The second kappa shape index (κ2) is 15.6. The van der Waals surface area contributed by atoms with Crippen LogP contribution in [-0.2, 0) is 32.5 Å². The molecule has 0 saturated heterocycles. The summed E-state index contributed by atoms with van der Waals surface area (Å²) in [5.41, 5.74) is 23.6. The Labute approximate surface area is 433 Å². The molecule has 0 bridgehead atoms. The molecule has 366 valence electrons. The Balaban J connectivity index is 1.29. The molecule has 0 amide bonds. The summed E-state index contributed by atoms with van der Waals surface area (Å²) >= 11 is 2.03. The first-order chi connectivity index (χ1) is 33.0. The molecular weight excluding hydrogens is 892 g/mol. The Morgan fingerprint density at radius 3 is 1.55 bits per heavy atom. The molecule has 0 saturated carbocycles. The molecule has 3 heterocycles. The Kier molecular flexibility index (Phi) is 10.6. The second-order valence-corrected chi connectivity index (χ2v) is 34.3. The molecule has 0 N–H and O–H groups in total. The molecule has 0 atom stereocenters. The largest absolute Gasteiger partial charge is 0.311 e. The maximum absolute atomic E-state index is 2.78. The zero-order valence-corrected chi connectivity index (χ0v) is 48.3. The number of fused-ring (bicyclic) bond motifs is 8. The van der Waals surface area contributed by atoms with Gasteiger partial charge in [0.1, 0.15) is 0 Å². The topological polar surface area (TPSA) is 6.48 Å². The molecule has 0 spiro atoms. The van der Waals surface area contributed by atoms with E-state index in [1.165, 1.54) is 141 Å². The number of aryl methyl sites for hydroxylation is 1. The Morgan fingerprint density at radius 1 is 0.521 bits per heavy atom. The fraction of sp³-hybridized carbons (Fsp3) is 0.424. The van der Waals surface area contributed by atoms with Crippen LogP contribution in [0.15, 0.2) is 103 Å². The maximum atomic E-state index is 2.78. The lowest BCUT2D eigenvalue weighted by Crippen LogP contribution is -2.61. The molecule has 4 aliphatic rings. The van der Waals surface area contributed by atoms with Crippen molar-refractivity contribution in [3.63, 3.8) is 0 Å². The maximum Gasteiger partial charge on any atom is 0.264 e. The summed E-state index contributed by atoms with van der Waals surface area (Å²) in [4.78, 5) is 5.46. The molecule has 7 aromatic rings. The first-order valence-corrected chi connectivity index (χ1v) is 31.2. The lowest BCUT2D eigenvalue weighted by Gasteiger charge is -2.48. The molecular formula is C66H79BN2SSi. The van der Waals surface area contributed by atoms with E-state index in [0.29, 0.717) is 0 Å². The predicted molar refractivity (Wildman–Crippen MR) is 317 cm³/mol. The summed E-state index contributed by atoms with van der Waals surface area (Å²) in [5, 5.41) is 2.86. The van der Waals surface area contributed by atoms with Crippen LogP contribution in [0, 0.1) is 6.92 Å². The quantitative estimate of drug-likeness (QED) is 0.162. The molecule has 2 aliphatic heterocycles. The summed E-state index contributed by atoms with van der Waals surface area (Å²) in [6.45, 7) is 43.9. The van der Waals surface area contributed by atoms with E-state index in [1.54, 1.807) is 0 Å². The molecule has 2 nitrogen and oxygen atoms in total. The molecule has 5 heteroatoms. The van der Waals surface area contributed by atoms with Gasteiger partial charge >= 0.3 is 0 Å². The Bertz CT molecular complexity index is 3320. The van der Waals surface area contributed by atoms with Crippen molar-refractivity contribution in [2.24, 2.45) is 0 Å². The molecule has 6 aromatic carbocycles. The molecule has 0 radical (unpaired) electrons. The van der Waals surface area contributed by atoms with Crippen molar-refractivity contribution in [1.29, 1.82) is 0 Å². The normalized spacial score (nSPS) is 18.4. The van der Waals surface area contributed by atoms with Crippen LogP contribution < -0.4 is 30.7 Å². The number of nitrogens with zero attached hydrogens (tertiary/aromatic N) is 2. The van der Waals surface area contributed by atoms with Crippen LogP contribution in [0.25, 0.3) is 21.2 Å². The van der Waals surface area contributed by atoms with Crippen LogP contribution in [0.5, 0.6) is 0 Å². The highest BCUT2D eigenvalue weighted by Crippen LogP contribution is 2.56. The first kappa shape index (κ1) is 48.4. The second-order valence-electron chi connectivity index (χ2n) is 28.1. The summed E-state index contributed by atoms with van der Waals surface area (Å²) in [6, 6.07) is 42.6. The molecule has 1 aromatic heterocycles. The number of rotatable bonds is 4. The average molecular weight is 971 g/mol. The Morgan fingerprint density at radius 2 is 1.01 bits per heavy atom. The van der Waals surface area contributed by atoms with E-state index in [2.05, 4.69) is 236 Å². The standard InChI is InChI=1S/C66H79BN2SSi/c1-40-33-55-58-56(34-40)69(53-38-50-48(63(8,9)29-31-65(50,12)13)36-46(53)41-19-26-45(27-20-41)71(16,17)18)54-39-51-49(64(10,11)30-32-66(51,14)15)37-52(54)67(58)60-59(47-35-43(62(5,6)7)23-28-57(47)70-60)68(55)44-24-21-42(22-25-44)61(2,3)4/h19-28,33-39H,29-32H2,1-18H3. The number of hydrogen-bond acceptors (Lipinski definition) is 3. The van der Waals surface area contributed by atoms with Gasteiger partial charge in [0.15, 0.2) is 0 Å². The fourth-order valence-corrected chi connectivity index (χ4v) is 15.4. The van der Waals surface area contributed by atoms with Gasteiger partial charge in [-0.2, -0.15) is 0 Å². The van der Waals surface area contributed by atoms with Gasteiger partial charge < -0.3 is 9.80 Å². The minimum absolute atomic E-state index is 0.0132. The highest BCUT2D eigenvalue weighted by atomic mass is 32.1. The van der Waals surface area contributed by atoms with E-state index in [9.17, 15) is 0 Å². The number of hydrogen-bond donors (Lipinski definition) is 0. The van der Waals surface area contributed by atoms with Crippen molar-refractivity contribution in [2.45, 2.75) is 182 Å². The third-order valence-corrected chi connectivity index (χ3v) is 21.2. The zero-order chi connectivity index (χ0) is 50.9. The van der Waals surface area contributed by atoms with Crippen molar-refractivity contribution in [1.82, 2.24) is 0 Å². The van der Waals surface area contributed by atoms with Gasteiger partial charge in [-0.3, -0.25) is 0 Å². The molecule has 0 fully saturated rings. The molecule has 71 heavy (non-hydrogen) atoms. The highest BCUT2D eigenvalue weighted by molar-refractivity contribution is 7.33. The van der Waals surface area contributed by atoms with Crippen LogP contribution in [0.4, 0.5) is 34.1 Å². The van der Waals surface area contributed by atoms with Crippen LogP contribution >= 0.6 is 11.3 Å². The van der Waals surface area contributed by atoms with E-state index in [-0.39, 0.29) is 39.2 Å². The lowest BCUT2D eigenvalue weighted by atomic mass is 9.35. The Hall–Kier alpha value is -4.84. The van der Waals surface area contributed by atoms with E-state index in [1.807, 2.05) is 11.3 Å². The van der Waals surface area contributed by atoms with Crippen LogP contribution in [0.1, 0.15) is 162 Å². The van der Waals surface area contributed by atoms with Crippen molar-refractivity contribution >= 4 is 91.2 Å². The fourth-order valence-electron chi connectivity index (χ4n) is 13.0. The third kappa shape index (κ3) is 7.66. The monoisotopic (exact) mass is 971 g/mol. The van der Waals surface area contributed by atoms with Gasteiger partial charge in [0, 0.05) is 43.2 Å². The zero-order valence-electron chi connectivity index (χ0n) is 46.5. The molecule has 11 rings (SSSR count). The van der Waals surface area contributed by atoms with E-state index in [0.717, 1.165) is 0 Å². The summed E-state index contributed by atoms with van der Waals surface area (Å²) in [7, 11) is -1.54. The van der Waals surface area contributed by atoms with Gasteiger partial charge in [-0.1, -0.05) is 170 Å². The van der Waals surface area contributed by atoms with Gasteiger partial charge in [0.2, 0.25) is 0 Å². The minimum Gasteiger partial charge on any atom is -0.311 e. The van der Waals surface area contributed by atoms with E-state index < -0.39 is 8.07 Å². The number of benzene rings is 6. The summed E-state index contributed by atoms with van der Waals surface area (Å²) < 4.78 is 2.81. The van der Waals surface area contributed by atoms with Gasteiger partial charge in [-0.05, 0) is 175 Å². The van der Waals surface area contributed by atoms with Crippen LogP contribution in [0.2, 0.25) is 19.6 Å². The van der Waals surface area contributed by atoms with Crippen LogP contribution in [0.3, 0.4) is 0 Å². The van der Waals surface area contributed by atoms with Crippen LogP contribution in [-0.4, -0.2) is 14.8 Å². The highest BCUT2D eigenvalue weighted by Gasteiger charge is 2.49.